The smallest absolute Gasteiger partial charge is 0.233 e. The number of hydrogen-bond acceptors (Lipinski definition) is 8. The highest BCUT2D eigenvalue weighted by Gasteiger charge is 2.17. The number of halogens is 1. The molecule has 1 saturated heterocycles. The molecule has 0 amide bonds. The Hall–Kier alpha value is -2.29. The lowest BCUT2D eigenvalue weighted by Crippen LogP contribution is -2.20. The molecule has 1 aromatic carbocycles. The zero-order valence-electron chi connectivity index (χ0n) is 18.0. The first-order valence-electron chi connectivity index (χ1n) is 11.2. The molecule has 0 bridgehead atoms. The van der Waals surface area contributed by atoms with E-state index in [0.29, 0.717) is 34.7 Å². The molecule has 4 rings (SSSR count). The number of aromatic nitrogens is 3. The molecule has 0 spiro atoms. The monoisotopic (exact) mass is 446 g/mol. The highest BCUT2D eigenvalue weighted by molar-refractivity contribution is 8.00. The zero-order valence-corrected chi connectivity index (χ0v) is 18.8. The van der Waals surface area contributed by atoms with Gasteiger partial charge in [0.2, 0.25) is 17.8 Å². The van der Waals surface area contributed by atoms with Crippen molar-refractivity contribution in [3.63, 3.8) is 0 Å². The summed E-state index contributed by atoms with van der Waals surface area (Å²) in [5.41, 5.74) is 0.556. The van der Waals surface area contributed by atoms with Crippen molar-refractivity contribution < 1.29 is 9.13 Å². The van der Waals surface area contributed by atoms with E-state index in [1.54, 1.807) is 12.1 Å². The Labute approximate surface area is 187 Å². The van der Waals surface area contributed by atoms with E-state index in [0.717, 1.165) is 13.1 Å². The van der Waals surface area contributed by atoms with Gasteiger partial charge in [-0.15, -0.1) is 0 Å². The average molecular weight is 447 g/mol. The number of hydrogen-bond donors (Lipinski definition) is 3. The van der Waals surface area contributed by atoms with Crippen LogP contribution in [0, 0.1) is 11.7 Å². The summed E-state index contributed by atoms with van der Waals surface area (Å²) in [7, 11) is 1.45. The van der Waals surface area contributed by atoms with E-state index >= 15 is 0 Å². The fourth-order valence-electron chi connectivity index (χ4n) is 4.10. The maximum atomic E-state index is 14.1. The van der Waals surface area contributed by atoms with Crippen molar-refractivity contribution >= 4 is 35.3 Å². The lowest BCUT2D eigenvalue weighted by molar-refractivity contribution is 0.373. The molecule has 3 N–H and O–H groups in total. The van der Waals surface area contributed by atoms with Gasteiger partial charge >= 0.3 is 0 Å². The Balaban J connectivity index is 1.47. The molecule has 2 heterocycles. The van der Waals surface area contributed by atoms with Crippen LogP contribution in [0.3, 0.4) is 0 Å². The van der Waals surface area contributed by atoms with Crippen LogP contribution in [0.2, 0.25) is 0 Å². The highest BCUT2D eigenvalue weighted by Crippen LogP contribution is 2.27. The van der Waals surface area contributed by atoms with Gasteiger partial charge in [-0.3, -0.25) is 0 Å². The van der Waals surface area contributed by atoms with Crippen molar-refractivity contribution in [2.45, 2.75) is 50.2 Å². The van der Waals surface area contributed by atoms with Gasteiger partial charge in [0.1, 0.15) is 0 Å². The molecule has 31 heavy (non-hydrogen) atoms. The molecule has 2 aromatic rings. The number of rotatable bonds is 9. The Bertz CT molecular complexity index is 858. The molecule has 1 aliphatic heterocycles. The molecule has 1 unspecified atom stereocenters. The minimum absolute atomic E-state index is 0.201. The Morgan fingerprint density at radius 2 is 1.71 bits per heavy atom. The second-order valence-corrected chi connectivity index (χ2v) is 9.59. The lowest BCUT2D eigenvalue weighted by Gasteiger charge is -2.22. The number of anilines is 4. The van der Waals surface area contributed by atoms with Gasteiger partial charge in [0.05, 0.1) is 7.11 Å². The number of benzene rings is 1. The summed E-state index contributed by atoms with van der Waals surface area (Å²) >= 11 is 1.99. The SMILES string of the molecule is COc1ccc(Nc2nc(NCC3CCCCC3)nc(NCC3CCCS3)n2)cc1F. The molecule has 1 aromatic heterocycles. The first-order valence-corrected chi connectivity index (χ1v) is 12.2. The third kappa shape index (κ3) is 6.35. The molecule has 9 heteroatoms. The zero-order chi connectivity index (χ0) is 21.5. The van der Waals surface area contributed by atoms with Crippen molar-refractivity contribution in [2.75, 3.05) is 41.9 Å². The van der Waals surface area contributed by atoms with E-state index in [2.05, 4.69) is 30.9 Å². The number of nitrogens with one attached hydrogen (secondary N) is 3. The van der Waals surface area contributed by atoms with Gasteiger partial charge in [0.15, 0.2) is 11.6 Å². The second-order valence-electron chi connectivity index (χ2n) is 8.18. The normalized spacial score (nSPS) is 19.2. The Morgan fingerprint density at radius 3 is 2.39 bits per heavy atom. The van der Waals surface area contributed by atoms with Gasteiger partial charge < -0.3 is 20.7 Å². The quantitative estimate of drug-likeness (QED) is 0.493. The minimum atomic E-state index is -0.436. The molecule has 168 valence electrons. The predicted octanol–water partition coefficient (Wildman–Crippen LogP) is 5.06. The summed E-state index contributed by atoms with van der Waals surface area (Å²) in [6.07, 6.45) is 8.90. The van der Waals surface area contributed by atoms with E-state index in [9.17, 15) is 4.39 Å². The molecule has 1 saturated carbocycles. The van der Waals surface area contributed by atoms with E-state index in [1.165, 1.54) is 63.9 Å². The standard InChI is InChI=1S/C22H31FN6OS/c1-30-19-10-9-16(12-18(19)23)26-22-28-20(24-13-15-6-3-2-4-7-15)27-21(29-22)25-14-17-8-5-11-31-17/h9-10,12,15,17H,2-8,11,13-14H2,1H3,(H3,24,25,26,27,28,29). The number of ether oxygens (including phenoxy) is 1. The van der Waals surface area contributed by atoms with Crippen LogP contribution in [0.25, 0.3) is 0 Å². The topological polar surface area (TPSA) is 84.0 Å². The van der Waals surface area contributed by atoms with Crippen molar-refractivity contribution in [3.05, 3.63) is 24.0 Å². The molecular weight excluding hydrogens is 415 g/mol. The van der Waals surface area contributed by atoms with Crippen molar-refractivity contribution in [1.82, 2.24) is 15.0 Å². The van der Waals surface area contributed by atoms with Crippen molar-refractivity contribution in [3.8, 4) is 5.75 Å². The fourth-order valence-corrected chi connectivity index (χ4v) is 5.30. The summed E-state index contributed by atoms with van der Waals surface area (Å²) < 4.78 is 19.1. The van der Waals surface area contributed by atoms with Crippen LogP contribution in [-0.2, 0) is 0 Å². The van der Waals surface area contributed by atoms with Crippen LogP contribution in [0.15, 0.2) is 18.2 Å². The molecule has 0 radical (unpaired) electrons. The van der Waals surface area contributed by atoms with E-state index < -0.39 is 5.82 Å². The van der Waals surface area contributed by atoms with Crippen LogP contribution in [0.1, 0.15) is 44.9 Å². The van der Waals surface area contributed by atoms with Crippen molar-refractivity contribution in [1.29, 1.82) is 0 Å². The summed E-state index contributed by atoms with van der Waals surface area (Å²) in [6.45, 7) is 1.69. The molecule has 2 fully saturated rings. The second kappa shape index (κ2) is 10.8. The van der Waals surface area contributed by atoms with Crippen LogP contribution >= 0.6 is 11.8 Å². The number of thioether (sulfide) groups is 1. The highest BCUT2D eigenvalue weighted by atomic mass is 32.2. The lowest BCUT2D eigenvalue weighted by atomic mass is 9.89. The average Bonchev–Trinajstić information content (AvgIpc) is 3.31. The summed E-state index contributed by atoms with van der Waals surface area (Å²) in [6, 6.07) is 4.70. The maximum absolute atomic E-state index is 14.1. The molecule has 1 aliphatic carbocycles. The first kappa shape index (κ1) is 21.9. The van der Waals surface area contributed by atoms with Gasteiger partial charge in [0.25, 0.3) is 0 Å². The van der Waals surface area contributed by atoms with Crippen LogP contribution in [0.4, 0.5) is 27.9 Å². The minimum Gasteiger partial charge on any atom is -0.494 e. The van der Waals surface area contributed by atoms with Gasteiger partial charge in [-0.05, 0) is 49.5 Å². The first-order chi connectivity index (χ1) is 15.2. The summed E-state index contributed by atoms with van der Waals surface area (Å²) in [5.74, 6) is 3.09. The van der Waals surface area contributed by atoms with Crippen LogP contribution in [-0.4, -0.2) is 46.2 Å². The molecule has 1 atom stereocenters. The van der Waals surface area contributed by atoms with Gasteiger partial charge in [-0.25, -0.2) is 4.39 Å². The summed E-state index contributed by atoms with van der Waals surface area (Å²) in [5, 5.41) is 10.4. The molecular formula is C22H31FN6OS. The fraction of sp³-hybridized carbons (Fsp3) is 0.591. The van der Waals surface area contributed by atoms with Gasteiger partial charge in [-0.1, -0.05) is 19.3 Å². The third-order valence-corrected chi connectivity index (χ3v) is 7.23. The van der Waals surface area contributed by atoms with E-state index in [4.69, 9.17) is 4.74 Å². The number of methoxy groups -OCH3 is 1. The van der Waals surface area contributed by atoms with Gasteiger partial charge in [0, 0.05) is 30.1 Å². The Kier molecular flexibility index (Phi) is 7.66. The molecule has 7 nitrogen and oxygen atoms in total. The third-order valence-electron chi connectivity index (χ3n) is 5.83. The largest absolute Gasteiger partial charge is 0.494 e. The maximum Gasteiger partial charge on any atom is 0.233 e. The van der Waals surface area contributed by atoms with Crippen LogP contribution < -0.4 is 20.7 Å². The van der Waals surface area contributed by atoms with Crippen LogP contribution in [0.5, 0.6) is 5.75 Å². The van der Waals surface area contributed by atoms with Gasteiger partial charge in [-0.2, -0.15) is 26.7 Å². The predicted molar refractivity (Wildman–Crippen MR) is 125 cm³/mol. The molecule has 2 aliphatic rings. The van der Waals surface area contributed by atoms with E-state index in [-0.39, 0.29) is 5.75 Å². The Morgan fingerprint density at radius 1 is 0.968 bits per heavy atom. The van der Waals surface area contributed by atoms with E-state index in [1.807, 2.05) is 11.8 Å². The van der Waals surface area contributed by atoms with Crippen molar-refractivity contribution in [2.24, 2.45) is 5.92 Å². The summed E-state index contributed by atoms with van der Waals surface area (Å²) in [4.78, 5) is 13.6. The number of nitrogens with zero attached hydrogens (tertiary/aromatic N) is 3.